The summed E-state index contributed by atoms with van der Waals surface area (Å²) in [6.45, 7) is 0. The zero-order valence-electron chi connectivity index (χ0n) is 13.1. The van der Waals surface area contributed by atoms with Crippen LogP contribution in [0.15, 0.2) is 24.3 Å². The number of amides is 1. The zero-order valence-corrected chi connectivity index (χ0v) is 13.1. The molecule has 1 saturated carbocycles. The third kappa shape index (κ3) is 6.47. The van der Waals surface area contributed by atoms with Crippen molar-refractivity contribution in [3.63, 3.8) is 0 Å². The van der Waals surface area contributed by atoms with Gasteiger partial charge >= 0.3 is 12.5 Å². The first-order chi connectivity index (χ1) is 11.5. The van der Waals surface area contributed by atoms with Crippen molar-refractivity contribution in [2.45, 2.75) is 50.7 Å². The van der Waals surface area contributed by atoms with Gasteiger partial charge in [-0.2, -0.15) is 13.2 Å². The Morgan fingerprint density at radius 1 is 1.08 bits per heavy atom. The van der Waals surface area contributed by atoms with Crippen molar-refractivity contribution >= 4 is 5.91 Å². The minimum absolute atomic E-state index is 0.0660. The summed E-state index contributed by atoms with van der Waals surface area (Å²) >= 11 is 0. The van der Waals surface area contributed by atoms with Gasteiger partial charge in [0.15, 0.2) is 0 Å². The van der Waals surface area contributed by atoms with Gasteiger partial charge in [-0.3, -0.25) is 4.79 Å². The lowest BCUT2D eigenvalue weighted by Gasteiger charge is -2.31. The van der Waals surface area contributed by atoms with Crippen LogP contribution in [0.5, 0.6) is 5.75 Å². The van der Waals surface area contributed by atoms with Gasteiger partial charge in [-0.15, -0.1) is 13.2 Å². The molecule has 0 radical (unpaired) electrons. The highest BCUT2D eigenvalue weighted by Crippen LogP contribution is 2.37. The number of hydrogen-bond donors (Lipinski definition) is 1. The predicted octanol–water partition coefficient (Wildman–Crippen LogP) is 4.37. The Hall–Kier alpha value is -1.93. The smallest absolute Gasteiger partial charge is 0.406 e. The van der Waals surface area contributed by atoms with Crippen LogP contribution in [0.25, 0.3) is 0 Å². The largest absolute Gasteiger partial charge is 0.573 e. The van der Waals surface area contributed by atoms with Crippen LogP contribution in [0, 0.1) is 5.92 Å². The fourth-order valence-corrected chi connectivity index (χ4v) is 2.89. The van der Waals surface area contributed by atoms with E-state index in [1.54, 1.807) is 0 Å². The highest BCUT2D eigenvalue weighted by Gasteiger charge is 2.42. The molecule has 0 heterocycles. The van der Waals surface area contributed by atoms with E-state index >= 15 is 0 Å². The molecule has 25 heavy (non-hydrogen) atoms. The summed E-state index contributed by atoms with van der Waals surface area (Å²) in [6, 6.07) is 4.23. The summed E-state index contributed by atoms with van der Waals surface area (Å²) in [4.78, 5) is 11.9. The maximum Gasteiger partial charge on any atom is 0.573 e. The highest BCUT2D eigenvalue weighted by molar-refractivity contribution is 5.78. The molecular weight excluding hydrogens is 352 g/mol. The quantitative estimate of drug-likeness (QED) is 0.801. The highest BCUT2D eigenvalue weighted by atomic mass is 19.4. The molecule has 140 valence electrons. The van der Waals surface area contributed by atoms with Crippen LogP contribution in [0.1, 0.15) is 31.2 Å². The Kier molecular flexibility index (Phi) is 5.84. The third-order valence-corrected chi connectivity index (χ3v) is 4.02. The van der Waals surface area contributed by atoms with Gasteiger partial charge in [-0.05, 0) is 37.0 Å². The third-order valence-electron chi connectivity index (χ3n) is 4.02. The van der Waals surface area contributed by atoms with Gasteiger partial charge in [-0.25, -0.2) is 0 Å². The van der Waals surface area contributed by atoms with Gasteiger partial charge in [0, 0.05) is 6.04 Å². The van der Waals surface area contributed by atoms with Gasteiger partial charge in [-0.1, -0.05) is 18.6 Å². The minimum Gasteiger partial charge on any atom is -0.406 e. The number of benzene rings is 1. The van der Waals surface area contributed by atoms with Crippen LogP contribution in [-0.2, 0) is 11.2 Å². The second-order valence-electron chi connectivity index (χ2n) is 6.04. The molecule has 0 aliphatic heterocycles. The van der Waals surface area contributed by atoms with E-state index in [1.165, 1.54) is 12.1 Å². The van der Waals surface area contributed by atoms with Gasteiger partial charge in [0.2, 0.25) is 5.91 Å². The fourth-order valence-electron chi connectivity index (χ4n) is 2.89. The molecule has 3 nitrogen and oxygen atoms in total. The van der Waals surface area contributed by atoms with Crippen molar-refractivity contribution in [3.05, 3.63) is 29.8 Å². The lowest BCUT2D eigenvalue weighted by Crippen LogP contribution is -2.42. The Balaban J connectivity index is 1.85. The minimum atomic E-state index is -4.80. The first kappa shape index (κ1) is 19.4. The van der Waals surface area contributed by atoms with E-state index in [2.05, 4.69) is 10.1 Å². The number of nitrogens with one attached hydrogen (secondary N) is 1. The number of rotatable bonds is 4. The van der Waals surface area contributed by atoms with Crippen LogP contribution < -0.4 is 10.1 Å². The lowest BCUT2D eigenvalue weighted by atomic mass is 9.85. The van der Waals surface area contributed by atoms with Crippen LogP contribution in [0.3, 0.4) is 0 Å². The lowest BCUT2D eigenvalue weighted by molar-refractivity contribution is -0.274. The summed E-state index contributed by atoms with van der Waals surface area (Å²) in [5, 5.41) is 2.57. The van der Waals surface area contributed by atoms with Crippen LogP contribution in [0.2, 0.25) is 0 Å². The molecule has 1 amide bonds. The average Bonchev–Trinajstić information content (AvgIpc) is 2.47. The molecule has 0 unspecified atom stereocenters. The number of halogens is 6. The summed E-state index contributed by atoms with van der Waals surface area (Å²) in [6.07, 6.45) is -8.40. The first-order valence-corrected chi connectivity index (χ1v) is 7.74. The molecule has 0 spiro atoms. The maximum atomic E-state index is 12.7. The number of carbonyl (C=O) groups is 1. The monoisotopic (exact) mass is 369 g/mol. The summed E-state index contributed by atoms with van der Waals surface area (Å²) < 4.78 is 78.2. The number of ether oxygens (including phenoxy) is 1. The van der Waals surface area contributed by atoms with E-state index in [1.807, 2.05) is 0 Å². The second-order valence-corrected chi connectivity index (χ2v) is 6.04. The Bertz CT molecular complexity index is 582. The van der Waals surface area contributed by atoms with Crippen LogP contribution >= 0.6 is 0 Å². The molecule has 1 aliphatic rings. The molecule has 1 aromatic rings. The SMILES string of the molecule is O=C(Cc1ccc(OC(F)(F)F)cc1)N[C@@H]1CCC[C@H](C(F)(F)F)C1. The molecule has 1 aromatic carbocycles. The van der Waals surface area contributed by atoms with Gasteiger partial charge in [0.05, 0.1) is 12.3 Å². The molecule has 1 aliphatic carbocycles. The van der Waals surface area contributed by atoms with E-state index in [4.69, 9.17) is 0 Å². The topological polar surface area (TPSA) is 38.3 Å². The molecule has 0 aromatic heterocycles. The van der Waals surface area contributed by atoms with Crippen molar-refractivity contribution in [3.8, 4) is 5.75 Å². The summed E-state index contributed by atoms with van der Waals surface area (Å²) in [7, 11) is 0. The van der Waals surface area contributed by atoms with E-state index in [-0.39, 0.29) is 19.3 Å². The van der Waals surface area contributed by atoms with Gasteiger partial charge in [0.25, 0.3) is 0 Å². The average molecular weight is 369 g/mol. The first-order valence-electron chi connectivity index (χ1n) is 7.74. The van der Waals surface area contributed by atoms with E-state index in [0.29, 0.717) is 18.4 Å². The number of carbonyl (C=O) groups excluding carboxylic acids is 1. The number of alkyl halides is 6. The van der Waals surface area contributed by atoms with Crippen molar-refractivity contribution in [1.29, 1.82) is 0 Å². The second kappa shape index (κ2) is 7.53. The fraction of sp³-hybridized carbons (Fsp3) is 0.562. The molecular formula is C16H17F6NO2. The van der Waals surface area contributed by atoms with Crippen molar-refractivity contribution < 1.29 is 35.9 Å². The standard InChI is InChI=1S/C16H17F6NO2/c17-15(18,19)11-2-1-3-12(9-11)23-14(24)8-10-4-6-13(7-5-10)25-16(20,21)22/h4-7,11-12H,1-3,8-9H2,(H,23,24)/t11-,12+/m0/s1. The van der Waals surface area contributed by atoms with Crippen molar-refractivity contribution in [2.75, 3.05) is 0 Å². The van der Waals surface area contributed by atoms with E-state index < -0.39 is 36.2 Å². The molecule has 9 heteroatoms. The number of hydrogen-bond acceptors (Lipinski definition) is 2. The van der Waals surface area contributed by atoms with E-state index in [9.17, 15) is 31.1 Å². The predicted molar refractivity (Wildman–Crippen MR) is 76.8 cm³/mol. The summed E-state index contributed by atoms with van der Waals surface area (Å²) in [5.41, 5.74) is 0.440. The van der Waals surface area contributed by atoms with Crippen molar-refractivity contribution in [2.24, 2.45) is 5.92 Å². The summed E-state index contributed by atoms with van der Waals surface area (Å²) in [5.74, 6) is -2.28. The van der Waals surface area contributed by atoms with Gasteiger partial charge < -0.3 is 10.1 Å². The van der Waals surface area contributed by atoms with E-state index in [0.717, 1.165) is 12.1 Å². The molecule has 0 saturated heterocycles. The molecule has 2 rings (SSSR count). The van der Waals surface area contributed by atoms with Crippen molar-refractivity contribution in [1.82, 2.24) is 5.32 Å². The Morgan fingerprint density at radius 3 is 2.28 bits per heavy atom. The molecule has 1 N–H and O–H groups in total. The van der Waals surface area contributed by atoms with Crippen LogP contribution in [0.4, 0.5) is 26.3 Å². The van der Waals surface area contributed by atoms with Crippen LogP contribution in [-0.4, -0.2) is 24.5 Å². The molecule has 1 fully saturated rings. The van der Waals surface area contributed by atoms with Gasteiger partial charge in [0.1, 0.15) is 5.75 Å². The maximum absolute atomic E-state index is 12.7. The zero-order chi connectivity index (χ0) is 18.7. The molecule has 0 bridgehead atoms. The Morgan fingerprint density at radius 2 is 1.72 bits per heavy atom. The normalized spacial score (nSPS) is 21.7. The molecule has 2 atom stereocenters. The Labute approximate surface area is 140 Å².